The van der Waals surface area contributed by atoms with Crippen molar-refractivity contribution in [1.29, 1.82) is 0 Å². The number of ether oxygens (including phenoxy) is 2. The molecule has 1 aliphatic rings. The number of benzene rings is 1. The number of para-hydroxylation sites is 1. The van der Waals surface area contributed by atoms with Gasteiger partial charge < -0.3 is 9.47 Å². The maximum absolute atomic E-state index is 12.3. The lowest BCUT2D eigenvalue weighted by Crippen LogP contribution is -2.29. The van der Waals surface area contributed by atoms with Crippen molar-refractivity contribution in [2.24, 2.45) is 5.92 Å². The summed E-state index contributed by atoms with van der Waals surface area (Å²) in [5, 5.41) is 1.79. The Morgan fingerprint density at radius 2 is 2.29 bits per heavy atom. The van der Waals surface area contributed by atoms with Crippen LogP contribution in [0.1, 0.15) is 11.3 Å². The Balaban J connectivity index is 1.44. The minimum atomic E-state index is -0.341. The van der Waals surface area contributed by atoms with E-state index in [1.165, 1.54) is 21.8 Å². The summed E-state index contributed by atoms with van der Waals surface area (Å²) in [7, 11) is 0. The van der Waals surface area contributed by atoms with Crippen LogP contribution in [0, 0.1) is 5.92 Å². The maximum Gasteiger partial charge on any atom is 0.313 e. The number of nitrogens with zero attached hydrogens (tertiary/aromatic N) is 2. The number of esters is 1. The van der Waals surface area contributed by atoms with Crippen LogP contribution in [-0.4, -0.2) is 22.0 Å². The van der Waals surface area contributed by atoms with Gasteiger partial charge in [0.1, 0.15) is 19.0 Å². The topological polar surface area (TPSA) is 69.9 Å². The van der Waals surface area contributed by atoms with Crippen molar-refractivity contribution >= 4 is 22.3 Å². The number of hydrogen-bond acceptors (Lipinski definition) is 6. The van der Waals surface area contributed by atoms with Gasteiger partial charge in [-0.1, -0.05) is 18.2 Å². The number of hydrogen-bond donors (Lipinski definition) is 0. The van der Waals surface area contributed by atoms with Gasteiger partial charge in [-0.2, -0.15) is 0 Å². The first-order valence-electron chi connectivity index (χ1n) is 7.54. The van der Waals surface area contributed by atoms with Crippen molar-refractivity contribution in [3.63, 3.8) is 0 Å². The van der Waals surface area contributed by atoms with E-state index in [-0.39, 0.29) is 24.1 Å². The molecule has 0 saturated carbocycles. The number of thiazole rings is 1. The molecule has 0 aliphatic carbocycles. The summed E-state index contributed by atoms with van der Waals surface area (Å²) < 4.78 is 12.4. The van der Waals surface area contributed by atoms with Crippen molar-refractivity contribution in [1.82, 2.24) is 9.38 Å². The molecule has 1 aromatic carbocycles. The molecule has 1 unspecified atom stereocenters. The van der Waals surface area contributed by atoms with Gasteiger partial charge in [0.2, 0.25) is 0 Å². The Kier molecular flexibility index (Phi) is 3.78. The Morgan fingerprint density at radius 3 is 3.21 bits per heavy atom. The summed E-state index contributed by atoms with van der Waals surface area (Å²) in [5.74, 6) is 0.142. The van der Waals surface area contributed by atoms with Crippen LogP contribution in [0.2, 0.25) is 0 Å². The molecule has 0 bridgehead atoms. The summed E-state index contributed by atoms with van der Waals surface area (Å²) >= 11 is 1.36. The molecule has 0 N–H and O–H groups in total. The van der Waals surface area contributed by atoms with Crippen LogP contribution in [-0.2, 0) is 22.6 Å². The standard InChI is InChI=1S/C17H14N2O4S/c20-15-8-13(18-17-19(15)5-6-24-17)10-23-16(21)12-7-11-3-1-2-4-14(11)22-9-12/h1-6,8,12H,7,9-10H2. The molecular weight excluding hydrogens is 328 g/mol. The highest BCUT2D eigenvalue weighted by Gasteiger charge is 2.27. The minimum absolute atomic E-state index is 0.0133. The normalized spacial score (nSPS) is 16.4. The lowest BCUT2D eigenvalue weighted by atomic mass is 9.97. The van der Waals surface area contributed by atoms with Crippen molar-refractivity contribution in [2.45, 2.75) is 13.0 Å². The lowest BCUT2D eigenvalue weighted by molar-refractivity contribution is -0.151. The van der Waals surface area contributed by atoms with Gasteiger partial charge in [0.25, 0.3) is 5.56 Å². The molecule has 3 heterocycles. The predicted molar refractivity (Wildman–Crippen MR) is 88.3 cm³/mol. The average Bonchev–Trinajstić information content (AvgIpc) is 3.08. The maximum atomic E-state index is 12.3. The molecule has 2 aromatic heterocycles. The number of rotatable bonds is 3. The third kappa shape index (κ3) is 2.78. The first-order valence-corrected chi connectivity index (χ1v) is 8.42. The van der Waals surface area contributed by atoms with Crippen LogP contribution in [0.5, 0.6) is 5.75 Å². The molecule has 6 nitrogen and oxygen atoms in total. The zero-order valence-corrected chi connectivity index (χ0v) is 13.5. The first kappa shape index (κ1) is 14.9. The highest BCUT2D eigenvalue weighted by Crippen LogP contribution is 2.27. The summed E-state index contributed by atoms with van der Waals surface area (Å²) in [4.78, 5) is 29.1. The fourth-order valence-electron chi connectivity index (χ4n) is 2.70. The van der Waals surface area contributed by atoms with Crippen LogP contribution in [0.4, 0.5) is 0 Å². The van der Waals surface area contributed by atoms with Gasteiger partial charge in [0, 0.05) is 17.6 Å². The number of fused-ring (bicyclic) bond motifs is 2. The number of aromatic nitrogens is 2. The van der Waals surface area contributed by atoms with Crippen LogP contribution >= 0.6 is 11.3 Å². The second-order valence-corrected chi connectivity index (χ2v) is 6.44. The molecular formula is C17H14N2O4S. The van der Waals surface area contributed by atoms with Crippen LogP contribution in [0.3, 0.4) is 0 Å². The van der Waals surface area contributed by atoms with Gasteiger partial charge in [0.15, 0.2) is 4.96 Å². The molecule has 0 amide bonds. The zero-order chi connectivity index (χ0) is 16.5. The van der Waals surface area contributed by atoms with Crippen LogP contribution < -0.4 is 10.3 Å². The third-order valence-electron chi connectivity index (χ3n) is 3.93. The lowest BCUT2D eigenvalue weighted by Gasteiger charge is -2.23. The molecule has 7 heteroatoms. The second kappa shape index (κ2) is 6.09. The molecule has 3 aromatic rings. The van der Waals surface area contributed by atoms with Gasteiger partial charge in [0.05, 0.1) is 11.6 Å². The van der Waals surface area contributed by atoms with E-state index >= 15 is 0 Å². The molecule has 1 aliphatic heterocycles. The molecule has 0 radical (unpaired) electrons. The molecule has 1 atom stereocenters. The predicted octanol–water partition coefficient (Wildman–Crippen LogP) is 2.05. The van der Waals surface area contributed by atoms with Gasteiger partial charge in [-0.05, 0) is 18.1 Å². The van der Waals surface area contributed by atoms with E-state index in [0.29, 0.717) is 23.7 Å². The van der Waals surface area contributed by atoms with Gasteiger partial charge >= 0.3 is 5.97 Å². The highest BCUT2D eigenvalue weighted by atomic mass is 32.1. The van der Waals surface area contributed by atoms with Crippen molar-refractivity contribution < 1.29 is 14.3 Å². The van der Waals surface area contributed by atoms with Gasteiger partial charge in [-0.3, -0.25) is 14.0 Å². The largest absolute Gasteiger partial charge is 0.492 e. The summed E-state index contributed by atoms with van der Waals surface area (Å²) in [5.41, 5.74) is 1.28. The quantitative estimate of drug-likeness (QED) is 0.682. The van der Waals surface area contributed by atoms with Gasteiger partial charge in [-0.15, -0.1) is 11.3 Å². The van der Waals surface area contributed by atoms with Crippen molar-refractivity contribution in [3.8, 4) is 5.75 Å². The van der Waals surface area contributed by atoms with E-state index in [4.69, 9.17) is 9.47 Å². The highest BCUT2D eigenvalue weighted by molar-refractivity contribution is 7.15. The number of carbonyl (C=O) groups is 1. The third-order valence-corrected chi connectivity index (χ3v) is 4.69. The fourth-order valence-corrected chi connectivity index (χ4v) is 3.44. The first-order chi connectivity index (χ1) is 11.7. The van der Waals surface area contributed by atoms with Crippen molar-refractivity contribution in [2.75, 3.05) is 6.61 Å². The van der Waals surface area contributed by atoms with Gasteiger partial charge in [-0.25, -0.2) is 4.98 Å². The van der Waals surface area contributed by atoms with Crippen molar-refractivity contribution in [3.05, 3.63) is 63.5 Å². The Hall–Kier alpha value is -2.67. The van der Waals surface area contributed by atoms with E-state index in [1.807, 2.05) is 24.3 Å². The monoisotopic (exact) mass is 342 g/mol. The minimum Gasteiger partial charge on any atom is -0.492 e. The fraction of sp³-hybridized carbons (Fsp3) is 0.235. The average molecular weight is 342 g/mol. The molecule has 0 saturated heterocycles. The van der Waals surface area contributed by atoms with E-state index in [9.17, 15) is 9.59 Å². The summed E-state index contributed by atoms with van der Waals surface area (Å²) in [6.45, 7) is 0.288. The molecule has 0 spiro atoms. The smallest absolute Gasteiger partial charge is 0.313 e. The van der Waals surface area contributed by atoms with E-state index in [1.54, 1.807) is 11.6 Å². The Morgan fingerprint density at radius 1 is 1.42 bits per heavy atom. The number of carbonyl (C=O) groups excluding carboxylic acids is 1. The molecule has 4 rings (SSSR count). The molecule has 24 heavy (non-hydrogen) atoms. The summed E-state index contributed by atoms with van der Waals surface area (Å²) in [6.07, 6.45) is 2.26. The van der Waals surface area contributed by atoms with E-state index in [2.05, 4.69) is 4.98 Å². The van der Waals surface area contributed by atoms with E-state index in [0.717, 1.165) is 11.3 Å². The van der Waals surface area contributed by atoms with E-state index < -0.39 is 0 Å². The second-order valence-electron chi connectivity index (χ2n) is 5.57. The Labute approximate surface area is 141 Å². The molecule has 122 valence electrons. The SMILES string of the molecule is O=C(OCc1cc(=O)n2ccsc2n1)C1COc2ccccc2C1. The molecule has 0 fully saturated rings. The Bertz CT molecular complexity index is 962. The summed E-state index contributed by atoms with van der Waals surface area (Å²) in [6, 6.07) is 9.05. The van der Waals surface area contributed by atoms with Crippen LogP contribution in [0.15, 0.2) is 46.7 Å². The zero-order valence-electron chi connectivity index (χ0n) is 12.7. The van der Waals surface area contributed by atoms with Crippen LogP contribution in [0.25, 0.3) is 4.96 Å².